The highest BCUT2D eigenvalue weighted by Gasteiger charge is 2.56. The molecule has 4 bridgehead atoms. The van der Waals surface area contributed by atoms with Gasteiger partial charge in [-0.1, -0.05) is 18.2 Å². The van der Waals surface area contributed by atoms with Gasteiger partial charge in [-0.15, -0.1) is 0 Å². The normalized spacial score (nSPS) is 40.8. The minimum atomic E-state index is -1.11. The van der Waals surface area contributed by atoms with Crippen LogP contribution in [0.25, 0.3) is 0 Å². The molecule has 6 aliphatic rings. The molecule has 3 unspecified atom stereocenters. The fraction of sp³-hybridized carbons (Fsp3) is 0.552. The number of carbonyl (C=O) groups is 1. The number of nitrogens with two attached hydrogens (primary N) is 1. The van der Waals surface area contributed by atoms with Gasteiger partial charge in [0.25, 0.3) is 0 Å². The average Bonchev–Trinajstić information content (AvgIpc) is 3.10. The zero-order valence-corrected chi connectivity index (χ0v) is 20.8. The predicted octanol–water partition coefficient (Wildman–Crippen LogP) is 6.41. The number of esters is 1. The Balaban J connectivity index is 1.15. The number of benzene rings is 2. The van der Waals surface area contributed by atoms with E-state index in [0.717, 1.165) is 65.7 Å². The molecule has 180 valence electrons. The molecule has 2 heterocycles. The van der Waals surface area contributed by atoms with Gasteiger partial charge >= 0.3 is 5.97 Å². The van der Waals surface area contributed by atoms with Crippen LogP contribution in [-0.4, -0.2) is 29.7 Å². The fourth-order valence-corrected chi connectivity index (χ4v) is 11.8. The van der Waals surface area contributed by atoms with Crippen molar-refractivity contribution >= 4 is 21.7 Å². The summed E-state index contributed by atoms with van der Waals surface area (Å²) in [6.07, 6.45) is 9.67. The Bertz CT molecular complexity index is 1130. The Labute approximate surface area is 203 Å². The van der Waals surface area contributed by atoms with Gasteiger partial charge in [-0.3, -0.25) is 4.79 Å². The van der Waals surface area contributed by atoms with E-state index in [-0.39, 0.29) is 11.4 Å². The van der Waals surface area contributed by atoms with Crippen LogP contribution in [0.4, 0.5) is 5.69 Å². The number of hydrogen-bond donors (Lipinski definition) is 1. The molecule has 4 nitrogen and oxygen atoms in total. The van der Waals surface area contributed by atoms with E-state index in [2.05, 4.69) is 30.5 Å². The van der Waals surface area contributed by atoms with E-state index in [4.69, 9.17) is 15.2 Å². The highest BCUT2D eigenvalue weighted by atomic mass is 32.3. The zero-order chi connectivity index (χ0) is 23.1. The number of hydrogen-bond acceptors (Lipinski definition) is 4. The zero-order valence-electron chi connectivity index (χ0n) is 20.0. The predicted molar refractivity (Wildman–Crippen MR) is 138 cm³/mol. The second-order valence-electron chi connectivity index (χ2n) is 12.2. The molecule has 5 fully saturated rings. The lowest BCUT2D eigenvalue weighted by Gasteiger charge is -2.55. The molecule has 2 N–H and O–H groups in total. The molecule has 3 atom stereocenters. The standard InChI is InChI=1S/C29H35NO3S/c1-34(17-32-28(31)29-12-18-8-19(13-29)10-20(9-18)14-29)15-24-22-4-2-3-5-26(22)33-27-7-6-21(30)11-23(27)25(24)16-34/h2-7,11,18-20,24-25H,8-10,12-17,30H2,1H3. The molecule has 5 heteroatoms. The lowest BCUT2D eigenvalue weighted by molar-refractivity contribution is -0.169. The maximum Gasteiger partial charge on any atom is 0.312 e. The van der Waals surface area contributed by atoms with Crippen molar-refractivity contribution in [1.29, 1.82) is 0 Å². The minimum Gasteiger partial charge on any atom is -0.457 e. The third-order valence-electron chi connectivity index (χ3n) is 9.57. The first-order chi connectivity index (χ1) is 16.4. The first-order valence-electron chi connectivity index (χ1n) is 12.9. The fourth-order valence-electron chi connectivity index (χ4n) is 8.53. The van der Waals surface area contributed by atoms with Gasteiger partial charge in [-0.25, -0.2) is 10.0 Å². The number of fused-ring (bicyclic) bond motifs is 5. The van der Waals surface area contributed by atoms with Gasteiger partial charge in [-0.2, -0.15) is 0 Å². The maximum atomic E-state index is 13.6. The molecule has 8 rings (SSSR count). The third kappa shape index (κ3) is 3.30. The number of rotatable bonds is 3. The van der Waals surface area contributed by atoms with Crippen molar-refractivity contribution in [3.8, 4) is 11.5 Å². The molecule has 0 radical (unpaired) electrons. The van der Waals surface area contributed by atoms with Crippen molar-refractivity contribution in [2.45, 2.75) is 50.4 Å². The number of ether oxygens (including phenoxy) is 2. The maximum absolute atomic E-state index is 13.6. The Kier molecular flexibility index (Phi) is 4.62. The van der Waals surface area contributed by atoms with E-state index in [1.807, 2.05) is 18.2 Å². The van der Waals surface area contributed by atoms with E-state index in [1.54, 1.807) is 0 Å². The van der Waals surface area contributed by atoms with Gasteiger partial charge in [0.1, 0.15) is 17.4 Å². The topological polar surface area (TPSA) is 61.5 Å². The highest BCUT2D eigenvalue weighted by molar-refractivity contribution is 8.33. The van der Waals surface area contributed by atoms with Crippen LogP contribution >= 0.6 is 10.0 Å². The largest absolute Gasteiger partial charge is 0.457 e. The second kappa shape index (κ2) is 7.43. The van der Waals surface area contributed by atoms with Gasteiger partial charge in [0.05, 0.1) is 5.41 Å². The monoisotopic (exact) mass is 477 g/mol. The molecule has 0 amide bonds. The van der Waals surface area contributed by atoms with Crippen molar-refractivity contribution in [2.24, 2.45) is 23.2 Å². The van der Waals surface area contributed by atoms with Crippen molar-refractivity contribution in [3.05, 3.63) is 53.6 Å². The van der Waals surface area contributed by atoms with Crippen LogP contribution in [0, 0.1) is 23.2 Å². The van der Waals surface area contributed by atoms with Gasteiger partial charge in [0, 0.05) is 23.1 Å². The smallest absolute Gasteiger partial charge is 0.312 e. The Morgan fingerprint density at radius 3 is 2.29 bits per heavy atom. The van der Waals surface area contributed by atoms with Gasteiger partial charge in [0.15, 0.2) is 0 Å². The Hall–Kier alpha value is -2.14. The third-order valence-corrected chi connectivity index (χ3v) is 12.6. The summed E-state index contributed by atoms with van der Waals surface area (Å²) < 4.78 is 12.7. The quantitative estimate of drug-likeness (QED) is 0.410. The molecule has 2 aromatic rings. The number of nitrogen functional groups attached to an aromatic ring is 1. The van der Waals surface area contributed by atoms with Crippen LogP contribution in [0.15, 0.2) is 42.5 Å². The number of anilines is 1. The van der Waals surface area contributed by atoms with Crippen molar-refractivity contribution < 1.29 is 14.3 Å². The summed E-state index contributed by atoms with van der Waals surface area (Å²) in [5.74, 6) is 7.73. The van der Waals surface area contributed by atoms with Crippen molar-refractivity contribution in [2.75, 3.05) is 29.4 Å². The number of para-hydroxylation sites is 1. The summed E-state index contributed by atoms with van der Waals surface area (Å²) in [5.41, 5.74) is 9.32. The molecule has 2 aromatic carbocycles. The molecule has 1 saturated heterocycles. The summed E-state index contributed by atoms with van der Waals surface area (Å²) in [6.45, 7) is 0. The summed E-state index contributed by atoms with van der Waals surface area (Å²) >= 11 is 0. The Morgan fingerprint density at radius 2 is 1.59 bits per heavy atom. The average molecular weight is 478 g/mol. The van der Waals surface area contributed by atoms with Crippen LogP contribution < -0.4 is 10.5 Å². The first kappa shape index (κ1) is 21.2. The molecule has 34 heavy (non-hydrogen) atoms. The highest BCUT2D eigenvalue weighted by Crippen LogP contribution is 2.65. The van der Waals surface area contributed by atoms with Gasteiger partial charge in [-0.05, 0) is 104 Å². The Morgan fingerprint density at radius 1 is 0.971 bits per heavy atom. The van der Waals surface area contributed by atoms with E-state index in [9.17, 15) is 4.79 Å². The summed E-state index contributed by atoms with van der Waals surface area (Å²) in [6, 6.07) is 14.5. The molecule has 4 saturated carbocycles. The molecule has 0 aromatic heterocycles. The second-order valence-corrected chi connectivity index (χ2v) is 16.1. The SMILES string of the molecule is CS1(COC(=O)C23CC4CC(CC(C4)C2)C3)CC2c3ccccc3Oc3ccc(N)cc3C2C1. The van der Waals surface area contributed by atoms with Gasteiger partial charge in [0.2, 0.25) is 0 Å². The van der Waals surface area contributed by atoms with Gasteiger partial charge < -0.3 is 15.2 Å². The van der Waals surface area contributed by atoms with Crippen LogP contribution in [-0.2, 0) is 9.53 Å². The van der Waals surface area contributed by atoms with Crippen LogP contribution in [0.1, 0.15) is 61.5 Å². The van der Waals surface area contributed by atoms with E-state index in [1.165, 1.54) is 30.4 Å². The molecule has 0 spiro atoms. The first-order valence-corrected chi connectivity index (χ1v) is 15.5. The summed E-state index contributed by atoms with van der Waals surface area (Å²) in [5, 5.41) is 0. The number of carbonyl (C=O) groups excluding carboxylic acids is 1. The van der Waals surface area contributed by atoms with Crippen LogP contribution in [0.2, 0.25) is 0 Å². The van der Waals surface area contributed by atoms with Crippen molar-refractivity contribution in [1.82, 2.24) is 0 Å². The van der Waals surface area contributed by atoms with E-state index in [0.29, 0.717) is 17.8 Å². The molecular formula is C29H35NO3S. The minimum absolute atomic E-state index is 0.126. The van der Waals surface area contributed by atoms with E-state index >= 15 is 0 Å². The van der Waals surface area contributed by atoms with Crippen molar-refractivity contribution in [3.63, 3.8) is 0 Å². The summed E-state index contributed by atoms with van der Waals surface area (Å²) in [7, 11) is -1.11. The lowest BCUT2D eigenvalue weighted by Crippen LogP contribution is -2.50. The molecular weight excluding hydrogens is 442 g/mol. The van der Waals surface area contributed by atoms with E-state index < -0.39 is 10.0 Å². The molecule has 2 aliphatic heterocycles. The van der Waals surface area contributed by atoms with Crippen LogP contribution in [0.3, 0.4) is 0 Å². The lowest BCUT2D eigenvalue weighted by atomic mass is 9.49. The van der Waals surface area contributed by atoms with Crippen LogP contribution in [0.5, 0.6) is 11.5 Å². The molecule has 4 aliphatic carbocycles. The summed E-state index contributed by atoms with van der Waals surface area (Å²) in [4.78, 5) is 13.6.